The van der Waals surface area contributed by atoms with E-state index in [1.165, 1.54) is 24.3 Å². The van der Waals surface area contributed by atoms with Crippen molar-refractivity contribution in [1.29, 1.82) is 0 Å². The number of allylic oxidation sites excluding steroid dienone is 2. The molecule has 2 bridgehead atoms. The summed E-state index contributed by atoms with van der Waals surface area (Å²) < 4.78 is 4.15. The van der Waals surface area contributed by atoms with Gasteiger partial charge in [0.15, 0.2) is 9.76 Å². The number of carboxylic acids is 1. The Labute approximate surface area is 234 Å². The first-order valence-corrected chi connectivity index (χ1v) is 13.3. The third-order valence-corrected chi connectivity index (χ3v) is 12.5. The van der Waals surface area contributed by atoms with E-state index in [0.29, 0.717) is 22.1 Å². The number of rotatable bonds is 2. The molecule has 1 aromatic carbocycles. The molecule has 188 valence electrons. The lowest BCUT2D eigenvalue weighted by Crippen LogP contribution is -2.45. The number of fused-ring (bicyclic) bond motifs is 7. The molecule has 5 nitrogen and oxygen atoms in total. The predicted molar refractivity (Wildman–Crippen MR) is 141 cm³/mol. The van der Waals surface area contributed by atoms with Gasteiger partial charge in [0.25, 0.3) is 0 Å². The van der Waals surface area contributed by atoms with Crippen LogP contribution in [0.2, 0.25) is 0 Å². The molecule has 11 heteroatoms. The summed E-state index contributed by atoms with van der Waals surface area (Å²) in [6.07, 6.45) is 0.326. The number of hydrogen-bond acceptors (Lipinski definition) is 4. The minimum absolute atomic E-state index is 0.0363. The van der Waals surface area contributed by atoms with Crippen LogP contribution in [0, 0.1) is 17.8 Å². The minimum atomic E-state index is -1.77. The molecule has 0 unspecified atom stereocenters. The van der Waals surface area contributed by atoms with Crippen molar-refractivity contribution < 1.29 is 19.4 Å². The van der Waals surface area contributed by atoms with E-state index >= 15 is 0 Å². The molecule has 5 aliphatic rings. The van der Waals surface area contributed by atoms with Crippen LogP contribution in [0.1, 0.15) is 24.3 Å². The lowest BCUT2D eigenvalue weighted by atomic mass is 9.62. The Bertz CT molecular complexity index is 1530. The van der Waals surface area contributed by atoms with Crippen molar-refractivity contribution in [3.63, 3.8) is 0 Å². The maximum Gasteiger partial charge on any atom is 0.307 e. The highest BCUT2D eigenvalue weighted by Crippen LogP contribution is 2.79. The number of aromatic hydroxyl groups is 1. The average molecular weight is 609 g/mol. The Balaban J connectivity index is 1.61. The molecular formula is C25H16Cl6O5. The molecule has 6 rings (SSSR count). The third-order valence-electron chi connectivity index (χ3n) is 8.16. The van der Waals surface area contributed by atoms with Gasteiger partial charge in [-0.1, -0.05) is 46.4 Å². The molecule has 1 heterocycles. The number of phenolic OH excluding ortho intramolecular Hbond substituents is 1. The number of hydrogen-bond donors (Lipinski definition) is 2. The van der Waals surface area contributed by atoms with Gasteiger partial charge < -0.3 is 14.6 Å². The molecule has 0 aromatic heterocycles. The van der Waals surface area contributed by atoms with Crippen LogP contribution >= 0.6 is 69.6 Å². The Morgan fingerprint density at radius 2 is 1.58 bits per heavy atom. The first-order valence-electron chi connectivity index (χ1n) is 11.1. The number of phenols is 1. The number of benzene rings is 2. The monoisotopic (exact) mass is 606 g/mol. The van der Waals surface area contributed by atoms with Crippen molar-refractivity contribution in [3.8, 4) is 17.1 Å². The summed E-state index contributed by atoms with van der Waals surface area (Å²) in [5.41, 5.74) is 1.27. The van der Waals surface area contributed by atoms with Gasteiger partial charge in [-0.25, -0.2) is 0 Å². The highest BCUT2D eigenvalue weighted by atomic mass is 35.5. The molecule has 2 saturated carbocycles. The highest BCUT2D eigenvalue weighted by Gasteiger charge is 2.83. The van der Waals surface area contributed by atoms with E-state index in [0.717, 1.165) is 0 Å². The van der Waals surface area contributed by atoms with E-state index in [2.05, 4.69) is 0 Å². The lowest BCUT2D eigenvalue weighted by Gasteiger charge is -2.45. The summed E-state index contributed by atoms with van der Waals surface area (Å²) in [4.78, 5) is 21.7. The van der Waals surface area contributed by atoms with Crippen LogP contribution in [-0.4, -0.2) is 30.3 Å². The van der Waals surface area contributed by atoms with Gasteiger partial charge in [-0.05, 0) is 60.4 Å². The molecule has 4 aliphatic carbocycles. The van der Waals surface area contributed by atoms with Gasteiger partial charge in [0.1, 0.15) is 26.8 Å². The van der Waals surface area contributed by atoms with Crippen LogP contribution in [0.25, 0.3) is 22.3 Å². The molecular weight excluding hydrogens is 593 g/mol. The van der Waals surface area contributed by atoms with Gasteiger partial charge in [-0.15, -0.1) is 23.2 Å². The van der Waals surface area contributed by atoms with E-state index in [4.69, 9.17) is 74.0 Å². The summed E-state index contributed by atoms with van der Waals surface area (Å²) in [5.74, 6) is -3.37. The molecule has 1 aromatic rings. The zero-order chi connectivity index (χ0) is 25.9. The van der Waals surface area contributed by atoms with E-state index in [1.54, 1.807) is 12.1 Å². The predicted octanol–water partition coefficient (Wildman–Crippen LogP) is 7.26. The maximum atomic E-state index is 12.7. The molecule has 36 heavy (non-hydrogen) atoms. The third kappa shape index (κ3) is 2.88. The smallest absolute Gasteiger partial charge is 0.307 e. The lowest BCUT2D eigenvalue weighted by molar-refractivity contribution is -0.144. The summed E-state index contributed by atoms with van der Waals surface area (Å²) in [7, 11) is 0. The summed E-state index contributed by atoms with van der Waals surface area (Å²) in [6, 6.07) is 8.92. The van der Waals surface area contributed by atoms with E-state index in [1.807, 2.05) is 0 Å². The quantitative estimate of drug-likeness (QED) is 0.236. The zero-order valence-electron chi connectivity index (χ0n) is 18.1. The Kier molecular flexibility index (Phi) is 5.44. The Morgan fingerprint density at radius 3 is 2.22 bits per heavy atom. The van der Waals surface area contributed by atoms with Gasteiger partial charge in [0.2, 0.25) is 0 Å². The molecule has 0 saturated heterocycles. The van der Waals surface area contributed by atoms with Gasteiger partial charge in [0.05, 0.1) is 16.0 Å². The van der Waals surface area contributed by atoms with Crippen LogP contribution in [0.4, 0.5) is 0 Å². The fourth-order valence-corrected chi connectivity index (χ4v) is 9.73. The topological polar surface area (TPSA) is 87.7 Å². The molecule has 2 N–H and O–H groups in total. The number of alkyl halides is 4. The first-order chi connectivity index (χ1) is 16.8. The molecule has 2 fully saturated rings. The van der Waals surface area contributed by atoms with Crippen LogP contribution in [0.15, 0.2) is 55.7 Å². The number of carboxylic acid groups (broad SMARTS) is 1. The molecule has 0 spiro atoms. The van der Waals surface area contributed by atoms with Crippen LogP contribution in [0.3, 0.4) is 0 Å². The molecule has 6 atom stereocenters. The summed E-state index contributed by atoms with van der Waals surface area (Å²) in [5, 5.41) is 21.1. The Morgan fingerprint density at radius 1 is 0.944 bits per heavy atom. The van der Waals surface area contributed by atoms with Crippen molar-refractivity contribution >= 4 is 86.5 Å². The van der Waals surface area contributed by atoms with Crippen molar-refractivity contribution in [2.45, 2.75) is 32.8 Å². The molecule has 1 aliphatic heterocycles. The van der Waals surface area contributed by atoms with Gasteiger partial charge >= 0.3 is 5.97 Å². The van der Waals surface area contributed by atoms with Gasteiger partial charge in [-0.3, -0.25) is 9.59 Å². The standard InChI is InChI=1S/C25H16Cl6O5/c26-20-21(27)24(29)16-8-14(22(34)35)13(7-15(16)23(20,28)25(24,30)31)19-11-3-1-9(32)5-17(11)36-18-6-10(33)2-4-12(18)19/h1-6,13-16,32H,7-8H2,(H,34,35)/t13-,14+,15-,16+,23+,24+/m0/s1. The fourth-order valence-electron chi connectivity index (χ4n) is 6.62. The van der Waals surface area contributed by atoms with Crippen molar-refractivity contribution in [2.24, 2.45) is 17.8 Å². The number of aliphatic carboxylic acids is 1. The number of halogens is 6. The largest absolute Gasteiger partial charge is 0.508 e. The van der Waals surface area contributed by atoms with Crippen LogP contribution in [-0.2, 0) is 4.79 Å². The fraction of sp³-hybridized carbons (Fsp3) is 0.360. The minimum Gasteiger partial charge on any atom is -0.508 e. The van der Waals surface area contributed by atoms with Crippen molar-refractivity contribution in [1.82, 2.24) is 0 Å². The summed E-state index contributed by atoms with van der Waals surface area (Å²) >= 11 is 40.8. The van der Waals surface area contributed by atoms with Gasteiger partial charge in [0, 0.05) is 23.1 Å². The second-order valence-electron chi connectivity index (χ2n) is 9.72. The van der Waals surface area contributed by atoms with Crippen LogP contribution in [0.5, 0.6) is 5.75 Å². The zero-order valence-corrected chi connectivity index (χ0v) is 22.6. The van der Waals surface area contributed by atoms with Crippen LogP contribution < -0.4 is 5.43 Å². The average Bonchev–Trinajstić information content (AvgIpc) is 3.02. The molecule has 0 radical (unpaired) electrons. The number of carbonyl (C=O) groups is 1. The maximum absolute atomic E-state index is 12.7. The summed E-state index contributed by atoms with van der Waals surface area (Å²) in [6.45, 7) is 0. The first kappa shape index (κ1) is 25.0. The Hall–Kier alpha value is -1.34. The van der Waals surface area contributed by atoms with Crippen molar-refractivity contribution in [2.75, 3.05) is 0 Å². The van der Waals surface area contributed by atoms with E-state index in [9.17, 15) is 19.8 Å². The van der Waals surface area contributed by atoms with E-state index in [-0.39, 0.29) is 39.8 Å². The second-order valence-corrected chi connectivity index (χ2v) is 13.0. The highest BCUT2D eigenvalue weighted by molar-refractivity contribution is 6.65. The normalized spacial score (nSPS) is 34.9. The second kappa shape index (κ2) is 7.84. The van der Waals surface area contributed by atoms with Crippen molar-refractivity contribution in [3.05, 3.63) is 62.2 Å². The van der Waals surface area contributed by atoms with Gasteiger partial charge in [-0.2, -0.15) is 0 Å². The van der Waals surface area contributed by atoms with E-state index < -0.39 is 43.7 Å². The molecule has 0 amide bonds. The SMILES string of the molecule is O=C(O)[C@@H]1C[C@@H]2[C@H](C[C@@H]1c1c3ccc(=O)cc-3oc3cc(O)ccc13)[C@@]1(Cl)C(Cl)=C(Cl)[C@@]2(Cl)C1(Cl)Cl.